The van der Waals surface area contributed by atoms with Gasteiger partial charge >= 0.3 is 0 Å². The molecule has 1 rings (SSSR count). The highest BCUT2D eigenvalue weighted by Crippen LogP contribution is 2.11. The summed E-state index contributed by atoms with van der Waals surface area (Å²) in [6, 6.07) is 7.87. The number of carbonyl (C=O) groups excluding carboxylic acids is 1. The first-order valence-corrected chi connectivity index (χ1v) is 5.95. The van der Waals surface area contributed by atoms with Crippen LogP contribution >= 0.6 is 0 Å². The molecule has 0 spiro atoms. The van der Waals surface area contributed by atoms with Crippen LogP contribution in [0.4, 0.5) is 0 Å². The van der Waals surface area contributed by atoms with Gasteiger partial charge in [-0.3, -0.25) is 4.79 Å². The van der Waals surface area contributed by atoms with Gasteiger partial charge in [0, 0.05) is 13.1 Å². The van der Waals surface area contributed by atoms with E-state index in [1.807, 2.05) is 38.1 Å². The van der Waals surface area contributed by atoms with Gasteiger partial charge in [0.2, 0.25) is 5.91 Å². The second-order valence-corrected chi connectivity index (χ2v) is 3.63. The van der Waals surface area contributed by atoms with E-state index in [1.54, 1.807) is 0 Å². The van der Waals surface area contributed by atoms with Crippen LogP contribution in [-0.2, 0) is 11.3 Å². The van der Waals surface area contributed by atoms with E-state index in [9.17, 15) is 4.79 Å². The highest BCUT2D eigenvalue weighted by atomic mass is 16.5. The molecule has 0 unspecified atom stereocenters. The van der Waals surface area contributed by atoms with Gasteiger partial charge in [0.05, 0.1) is 13.2 Å². The molecule has 0 bridgehead atoms. The van der Waals surface area contributed by atoms with Gasteiger partial charge in [-0.2, -0.15) is 0 Å². The number of rotatable bonds is 7. The summed E-state index contributed by atoms with van der Waals surface area (Å²) in [4.78, 5) is 11.2. The van der Waals surface area contributed by atoms with Crippen LogP contribution in [0.15, 0.2) is 24.3 Å². The molecule has 4 nitrogen and oxygen atoms in total. The molecule has 0 fully saturated rings. The van der Waals surface area contributed by atoms with E-state index in [1.165, 1.54) is 0 Å². The zero-order valence-electron chi connectivity index (χ0n) is 10.5. The Bertz CT molecular complexity index is 336. The van der Waals surface area contributed by atoms with Crippen LogP contribution < -0.4 is 15.4 Å². The molecular formula is C13H20N2O2. The molecule has 0 heterocycles. The number of amides is 1. The Morgan fingerprint density at radius 2 is 1.94 bits per heavy atom. The third-order valence-corrected chi connectivity index (χ3v) is 2.22. The molecule has 1 aromatic carbocycles. The predicted molar refractivity (Wildman–Crippen MR) is 68.0 cm³/mol. The highest BCUT2D eigenvalue weighted by Gasteiger charge is 1.99. The van der Waals surface area contributed by atoms with Crippen molar-refractivity contribution in [3.8, 4) is 5.75 Å². The number of hydrogen-bond donors (Lipinski definition) is 2. The van der Waals surface area contributed by atoms with E-state index < -0.39 is 0 Å². The molecule has 1 aromatic rings. The van der Waals surface area contributed by atoms with Crippen LogP contribution in [0.25, 0.3) is 0 Å². The standard InChI is InChI=1S/C13H20N2O2/c1-3-15-13(16)10-14-9-11-5-7-12(8-6-11)17-4-2/h5-8,14H,3-4,9-10H2,1-2H3,(H,15,16). The topological polar surface area (TPSA) is 50.4 Å². The first kappa shape index (κ1) is 13.5. The van der Waals surface area contributed by atoms with Gasteiger partial charge in [-0.05, 0) is 31.5 Å². The van der Waals surface area contributed by atoms with Gasteiger partial charge in [-0.25, -0.2) is 0 Å². The van der Waals surface area contributed by atoms with Crippen molar-refractivity contribution in [1.82, 2.24) is 10.6 Å². The molecule has 0 saturated heterocycles. The van der Waals surface area contributed by atoms with Crippen molar-refractivity contribution in [2.45, 2.75) is 20.4 Å². The lowest BCUT2D eigenvalue weighted by Crippen LogP contribution is -2.33. The first-order chi connectivity index (χ1) is 8.26. The highest BCUT2D eigenvalue weighted by molar-refractivity contribution is 5.77. The number of carbonyl (C=O) groups is 1. The number of likely N-dealkylation sites (N-methyl/N-ethyl adjacent to an activating group) is 1. The van der Waals surface area contributed by atoms with Crippen LogP contribution in [0.3, 0.4) is 0 Å². The van der Waals surface area contributed by atoms with Crippen LogP contribution in [0.5, 0.6) is 5.75 Å². The predicted octanol–water partition coefficient (Wildman–Crippen LogP) is 1.31. The molecule has 0 aliphatic rings. The van der Waals surface area contributed by atoms with Gasteiger partial charge in [-0.15, -0.1) is 0 Å². The molecule has 94 valence electrons. The van der Waals surface area contributed by atoms with Gasteiger partial charge in [0.1, 0.15) is 5.75 Å². The number of hydrogen-bond acceptors (Lipinski definition) is 3. The van der Waals surface area contributed by atoms with Crippen LogP contribution in [0.2, 0.25) is 0 Å². The Morgan fingerprint density at radius 1 is 1.24 bits per heavy atom. The smallest absolute Gasteiger partial charge is 0.233 e. The Morgan fingerprint density at radius 3 is 2.53 bits per heavy atom. The van der Waals surface area contributed by atoms with Crippen LogP contribution in [0.1, 0.15) is 19.4 Å². The monoisotopic (exact) mass is 236 g/mol. The summed E-state index contributed by atoms with van der Waals surface area (Å²) in [6.45, 7) is 6.25. The van der Waals surface area contributed by atoms with E-state index in [-0.39, 0.29) is 5.91 Å². The lowest BCUT2D eigenvalue weighted by Gasteiger charge is -2.06. The number of ether oxygens (including phenoxy) is 1. The van der Waals surface area contributed by atoms with Gasteiger partial charge in [0.25, 0.3) is 0 Å². The summed E-state index contributed by atoms with van der Waals surface area (Å²) in [5.74, 6) is 0.901. The van der Waals surface area contributed by atoms with Crippen molar-refractivity contribution in [2.75, 3.05) is 19.7 Å². The maximum Gasteiger partial charge on any atom is 0.233 e. The SMILES string of the molecule is CCNC(=O)CNCc1ccc(OCC)cc1. The van der Waals surface area contributed by atoms with Crippen molar-refractivity contribution < 1.29 is 9.53 Å². The summed E-state index contributed by atoms with van der Waals surface area (Å²) >= 11 is 0. The van der Waals surface area contributed by atoms with E-state index in [2.05, 4.69) is 10.6 Å². The average Bonchev–Trinajstić information content (AvgIpc) is 2.32. The van der Waals surface area contributed by atoms with Crippen molar-refractivity contribution >= 4 is 5.91 Å². The summed E-state index contributed by atoms with van der Waals surface area (Å²) < 4.78 is 5.35. The molecule has 0 saturated carbocycles. The Hall–Kier alpha value is -1.55. The quantitative estimate of drug-likeness (QED) is 0.750. The lowest BCUT2D eigenvalue weighted by atomic mass is 10.2. The van der Waals surface area contributed by atoms with E-state index in [0.717, 1.165) is 11.3 Å². The molecule has 0 radical (unpaired) electrons. The zero-order valence-corrected chi connectivity index (χ0v) is 10.5. The van der Waals surface area contributed by atoms with E-state index in [0.29, 0.717) is 26.2 Å². The summed E-state index contributed by atoms with van der Waals surface area (Å²) in [5.41, 5.74) is 1.14. The largest absolute Gasteiger partial charge is 0.494 e. The summed E-state index contributed by atoms with van der Waals surface area (Å²) in [5, 5.41) is 5.82. The maximum absolute atomic E-state index is 11.2. The Labute approximate surface area is 102 Å². The Kier molecular flexibility index (Phi) is 6.10. The van der Waals surface area contributed by atoms with Gasteiger partial charge < -0.3 is 15.4 Å². The van der Waals surface area contributed by atoms with E-state index >= 15 is 0 Å². The molecule has 0 aliphatic heterocycles. The molecule has 0 aromatic heterocycles. The van der Waals surface area contributed by atoms with Crippen molar-refractivity contribution in [3.05, 3.63) is 29.8 Å². The minimum absolute atomic E-state index is 0.0263. The number of nitrogens with one attached hydrogen (secondary N) is 2. The van der Waals surface area contributed by atoms with Crippen LogP contribution in [0, 0.1) is 0 Å². The molecule has 17 heavy (non-hydrogen) atoms. The zero-order chi connectivity index (χ0) is 12.5. The molecule has 0 aliphatic carbocycles. The van der Waals surface area contributed by atoms with Crippen molar-refractivity contribution in [1.29, 1.82) is 0 Å². The maximum atomic E-state index is 11.2. The first-order valence-electron chi connectivity index (χ1n) is 5.95. The summed E-state index contributed by atoms with van der Waals surface area (Å²) in [6.07, 6.45) is 0. The molecule has 4 heteroatoms. The molecule has 0 atom stereocenters. The van der Waals surface area contributed by atoms with E-state index in [4.69, 9.17) is 4.74 Å². The molecule has 2 N–H and O–H groups in total. The molecular weight excluding hydrogens is 216 g/mol. The minimum atomic E-state index is 0.0263. The van der Waals surface area contributed by atoms with Gasteiger partial charge in [-0.1, -0.05) is 12.1 Å². The fraction of sp³-hybridized carbons (Fsp3) is 0.462. The number of benzene rings is 1. The van der Waals surface area contributed by atoms with Gasteiger partial charge in [0.15, 0.2) is 0 Å². The van der Waals surface area contributed by atoms with Crippen molar-refractivity contribution in [3.63, 3.8) is 0 Å². The fourth-order valence-electron chi connectivity index (χ4n) is 1.45. The third kappa shape index (κ3) is 5.36. The normalized spacial score (nSPS) is 10.0. The second kappa shape index (κ2) is 7.68. The third-order valence-electron chi connectivity index (χ3n) is 2.22. The molecule has 1 amide bonds. The summed E-state index contributed by atoms with van der Waals surface area (Å²) in [7, 11) is 0. The fourth-order valence-corrected chi connectivity index (χ4v) is 1.45. The second-order valence-electron chi connectivity index (χ2n) is 3.63. The lowest BCUT2D eigenvalue weighted by molar-refractivity contribution is -0.120. The van der Waals surface area contributed by atoms with Crippen LogP contribution in [-0.4, -0.2) is 25.6 Å². The average molecular weight is 236 g/mol. The Balaban J connectivity index is 2.29. The van der Waals surface area contributed by atoms with Crippen molar-refractivity contribution in [2.24, 2.45) is 0 Å². The minimum Gasteiger partial charge on any atom is -0.494 e.